The summed E-state index contributed by atoms with van der Waals surface area (Å²) in [5.41, 5.74) is 6.23. The number of fused-ring (bicyclic) bond motifs is 1. The van der Waals surface area contributed by atoms with E-state index < -0.39 is 0 Å². The zero-order chi connectivity index (χ0) is 22.4. The van der Waals surface area contributed by atoms with Crippen molar-refractivity contribution in [1.29, 1.82) is 0 Å². The number of anilines is 2. The number of unbranched alkanes of at least 4 members (excludes halogenated alkanes) is 1. The minimum atomic E-state index is 0.344. The molecule has 1 aliphatic rings. The molecule has 0 unspecified atom stereocenters. The van der Waals surface area contributed by atoms with Crippen LogP contribution in [0.5, 0.6) is 0 Å². The van der Waals surface area contributed by atoms with Crippen LogP contribution in [0.3, 0.4) is 0 Å². The first-order chi connectivity index (χ1) is 14.9. The summed E-state index contributed by atoms with van der Waals surface area (Å²) in [6.45, 7) is 11.9. The molecule has 0 radical (unpaired) electrons. The molecule has 0 saturated heterocycles. The van der Waals surface area contributed by atoms with Crippen LogP contribution in [0.2, 0.25) is 5.02 Å². The SMILES string of the molecule is CCCCN1CCCc2cc(CN(C(=S)Nc3cccc(Cl)c3C)[C@@H](C)CC)ccc21. The Balaban J connectivity index is 1.78. The summed E-state index contributed by atoms with van der Waals surface area (Å²) in [7, 11) is 0. The Morgan fingerprint density at radius 1 is 1.26 bits per heavy atom. The van der Waals surface area contributed by atoms with Gasteiger partial charge in [-0.3, -0.25) is 0 Å². The van der Waals surface area contributed by atoms with Crippen molar-refractivity contribution in [3.05, 3.63) is 58.1 Å². The molecule has 3 nitrogen and oxygen atoms in total. The maximum absolute atomic E-state index is 6.31. The summed E-state index contributed by atoms with van der Waals surface area (Å²) in [5, 5.41) is 4.95. The highest BCUT2D eigenvalue weighted by molar-refractivity contribution is 7.80. The number of hydrogen-bond acceptors (Lipinski definition) is 2. The summed E-state index contributed by atoms with van der Waals surface area (Å²) in [6, 6.07) is 13.3. The largest absolute Gasteiger partial charge is 0.371 e. The summed E-state index contributed by atoms with van der Waals surface area (Å²) >= 11 is 12.2. The third kappa shape index (κ3) is 5.93. The molecule has 0 aromatic heterocycles. The van der Waals surface area contributed by atoms with Gasteiger partial charge in [-0.25, -0.2) is 0 Å². The van der Waals surface area contributed by atoms with E-state index in [9.17, 15) is 0 Å². The molecular weight excluding hydrogens is 422 g/mol. The van der Waals surface area contributed by atoms with Crippen LogP contribution in [0.1, 0.15) is 63.1 Å². The van der Waals surface area contributed by atoms with E-state index in [0.29, 0.717) is 6.04 Å². The Morgan fingerprint density at radius 3 is 2.81 bits per heavy atom. The van der Waals surface area contributed by atoms with Gasteiger partial charge in [0.15, 0.2) is 5.11 Å². The van der Waals surface area contributed by atoms with E-state index in [1.807, 2.05) is 25.1 Å². The molecule has 0 bridgehead atoms. The molecule has 1 heterocycles. The molecule has 0 saturated carbocycles. The van der Waals surface area contributed by atoms with E-state index in [2.05, 4.69) is 54.1 Å². The summed E-state index contributed by atoms with van der Waals surface area (Å²) in [4.78, 5) is 4.86. The zero-order valence-corrected chi connectivity index (χ0v) is 21.0. The van der Waals surface area contributed by atoms with Crippen LogP contribution in [0.4, 0.5) is 11.4 Å². The highest BCUT2D eigenvalue weighted by Crippen LogP contribution is 2.29. The second-order valence-electron chi connectivity index (χ2n) is 8.63. The van der Waals surface area contributed by atoms with Crippen molar-refractivity contribution < 1.29 is 0 Å². The van der Waals surface area contributed by atoms with Gasteiger partial charge in [0.05, 0.1) is 0 Å². The van der Waals surface area contributed by atoms with Gasteiger partial charge in [-0.1, -0.05) is 50.1 Å². The predicted octanol–water partition coefficient (Wildman–Crippen LogP) is 7.20. The number of hydrogen-bond donors (Lipinski definition) is 1. The van der Waals surface area contributed by atoms with E-state index in [1.54, 1.807) is 0 Å². The quantitative estimate of drug-likeness (QED) is 0.422. The van der Waals surface area contributed by atoms with Gasteiger partial charge in [0, 0.05) is 42.1 Å². The molecule has 2 aromatic rings. The fraction of sp³-hybridized carbons (Fsp3) is 0.500. The molecule has 31 heavy (non-hydrogen) atoms. The molecule has 0 spiro atoms. The normalized spacial score (nSPS) is 14.2. The number of rotatable bonds is 8. The summed E-state index contributed by atoms with van der Waals surface area (Å²) in [5.74, 6) is 0. The first-order valence-corrected chi connectivity index (χ1v) is 12.4. The number of nitrogens with zero attached hydrogens (tertiary/aromatic N) is 2. The summed E-state index contributed by atoms with van der Waals surface area (Å²) in [6.07, 6.45) is 5.94. The zero-order valence-electron chi connectivity index (χ0n) is 19.4. The van der Waals surface area contributed by atoms with Gasteiger partial charge in [0.25, 0.3) is 0 Å². The minimum Gasteiger partial charge on any atom is -0.371 e. The highest BCUT2D eigenvalue weighted by atomic mass is 35.5. The number of aryl methyl sites for hydroxylation is 1. The molecule has 1 aliphatic heterocycles. The molecule has 2 aromatic carbocycles. The fourth-order valence-corrected chi connectivity index (χ4v) is 4.71. The highest BCUT2D eigenvalue weighted by Gasteiger charge is 2.20. The van der Waals surface area contributed by atoms with E-state index in [0.717, 1.165) is 40.9 Å². The third-order valence-corrected chi connectivity index (χ3v) is 7.13. The molecular formula is C26H36ClN3S. The Labute approximate surface area is 198 Å². The van der Waals surface area contributed by atoms with E-state index >= 15 is 0 Å². The second-order valence-corrected chi connectivity index (χ2v) is 9.43. The smallest absolute Gasteiger partial charge is 0.173 e. The van der Waals surface area contributed by atoms with Crippen LogP contribution in [0, 0.1) is 6.92 Å². The Kier molecular flexibility index (Phi) is 8.62. The molecule has 1 atom stereocenters. The van der Waals surface area contributed by atoms with Crippen LogP contribution in [-0.2, 0) is 13.0 Å². The van der Waals surface area contributed by atoms with Gasteiger partial charge in [-0.2, -0.15) is 0 Å². The van der Waals surface area contributed by atoms with Crippen LogP contribution < -0.4 is 10.2 Å². The number of thiocarbonyl (C=S) groups is 1. The molecule has 1 N–H and O–H groups in total. The molecule has 0 fully saturated rings. The Bertz CT molecular complexity index is 898. The van der Waals surface area contributed by atoms with Crippen molar-refractivity contribution in [1.82, 2.24) is 4.90 Å². The molecule has 3 rings (SSSR count). The molecule has 0 aliphatic carbocycles. The topological polar surface area (TPSA) is 18.5 Å². The van der Waals surface area contributed by atoms with E-state index in [1.165, 1.54) is 49.0 Å². The lowest BCUT2D eigenvalue weighted by Crippen LogP contribution is -2.40. The van der Waals surface area contributed by atoms with Crippen molar-refractivity contribution >= 4 is 40.3 Å². The molecule has 0 amide bonds. The van der Waals surface area contributed by atoms with Crippen molar-refractivity contribution in [3.63, 3.8) is 0 Å². The summed E-state index contributed by atoms with van der Waals surface area (Å²) < 4.78 is 0. The minimum absolute atomic E-state index is 0.344. The van der Waals surface area contributed by atoms with Gasteiger partial charge in [0.2, 0.25) is 0 Å². The predicted molar refractivity (Wildman–Crippen MR) is 140 cm³/mol. The maximum atomic E-state index is 6.31. The van der Waals surface area contributed by atoms with Crippen molar-refractivity contribution in [2.75, 3.05) is 23.3 Å². The maximum Gasteiger partial charge on any atom is 0.173 e. The van der Waals surface area contributed by atoms with Gasteiger partial charge in [0.1, 0.15) is 0 Å². The number of nitrogens with one attached hydrogen (secondary N) is 1. The molecule has 5 heteroatoms. The first-order valence-electron chi connectivity index (χ1n) is 11.6. The Morgan fingerprint density at radius 2 is 2.06 bits per heavy atom. The Hall–Kier alpha value is -1.78. The average molecular weight is 458 g/mol. The van der Waals surface area contributed by atoms with Crippen LogP contribution in [0.25, 0.3) is 0 Å². The van der Waals surface area contributed by atoms with Crippen molar-refractivity contribution in [2.45, 2.75) is 72.4 Å². The first kappa shape index (κ1) is 23.9. The van der Waals surface area contributed by atoms with E-state index in [4.69, 9.17) is 23.8 Å². The number of halogens is 1. The lowest BCUT2D eigenvalue weighted by atomic mass is 9.98. The van der Waals surface area contributed by atoms with Crippen LogP contribution in [0.15, 0.2) is 36.4 Å². The number of benzene rings is 2. The standard InChI is InChI=1S/C26H36ClN3S/c1-5-7-15-29-16-9-10-22-17-21(13-14-25(22)29)18-30(19(3)6-2)26(31)28-24-12-8-11-23(27)20(24)4/h8,11-14,17,19H,5-7,9-10,15-16,18H2,1-4H3,(H,28,31)/t19-/m0/s1. The van der Waals surface area contributed by atoms with Gasteiger partial charge in [-0.05, 0) is 86.6 Å². The average Bonchev–Trinajstić information content (AvgIpc) is 2.78. The fourth-order valence-electron chi connectivity index (χ4n) is 4.18. The lowest BCUT2D eigenvalue weighted by Gasteiger charge is -2.34. The lowest BCUT2D eigenvalue weighted by molar-refractivity contribution is 0.319. The van der Waals surface area contributed by atoms with Crippen LogP contribution >= 0.6 is 23.8 Å². The van der Waals surface area contributed by atoms with Crippen molar-refractivity contribution in [3.8, 4) is 0 Å². The van der Waals surface area contributed by atoms with Gasteiger partial charge in [-0.15, -0.1) is 0 Å². The third-order valence-electron chi connectivity index (χ3n) is 6.39. The van der Waals surface area contributed by atoms with E-state index in [-0.39, 0.29) is 0 Å². The second kappa shape index (κ2) is 11.2. The van der Waals surface area contributed by atoms with Crippen LogP contribution in [-0.4, -0.2) is 29.1 Å². The van der Waals surface area contributed by atoms with Gasteiger partial charge >= 0.3 is 0 Å². The van der Waals surface area contributed by atoms with Crippen molar-refractivity contribution in [2.24, 2.45) is 0 Å². The van der Waals surface area contributed by atoms with Gasteiger partial charge < -0.3 is 15.1 Å². The monoisotopic (exact) mass is 457 g/mol. The molecule has 168 valence electrons.